The lowest BCUT2D eigenvalue weighted by Gasteiger charge is -2.29. The van der Waals surface area contributed by atoms with Gasteiger partial charge in [0.1, 0.15) is 5.82 Å². The largest absolute Gasteiger partial charge is 0.271 e. The summed E-state index contributed by atoms with van der Waals surface area (Å²) >= 11 is 7.14. The van der Waals surface area contributed by atoms with Gasteiger partial charge in [0.15, 0.2) is 0 Å². The Labute approximate surface area is 124 Å². The van der Waals surface area contributed by atoms with Gasteiger partial charge in [0.2, 0.25) is 0 Å². The van der Waals surface area contributed by atoms with Gasteiger partial charge in [0.25, 0.3) is 0 Å². The Hall–Kier alpha value is 0.250. The Morgan fingerprint density at radius 1 is 1.50 bits per heavy atom. The zero-order valence-electron chi connectivity index (χ0n) is 9.86. The molecule has 0 saturated carbocycles. The Bertz CT molecular complexity index is 400. The van der Waals surface area contributed by atoms with Crippen LogP contribution in [0, 0.1) is 5.82 Å². The third-order valence-corrected chi connectivity index (χ3v) is 6.37. The highest BCUT2D eigenvalue weighted by atomic mass is 79.9. The summed E-state index contributed by atoms with van der Waals surface area (Å²) < 4.78 is 14.6. The molecule has 0 bridgehead atoms. The first kappa shape index (κ1) is 14.7. The number of hydrogen-bond donors (Lipinski definition) is 2. The van der Waals surface area contributed by atoms with Gasteiger partial charge in [-0.05, 0) is 24.1 Å². The van der Waals surface area contributed by atoms with E-state index in [4.69, 9.17) is 5.84 Å². The van der Waals surface area contributed by atoms with Crippen molar-refractivity contribution in [3.05, 3.63) is 34.1 Å². The fourth-order valence-electron chi connectivity index (χ4n) is 1.96. The molecule has 6 heteroatoms. The molecule has 2 unspecified atom stereocenters. The number of thioether (sulfide) groups is 2. The predicted molar refractivity (Wildman–Crippen MR) is 82.5 cm³/mol. The summed E-state index contributed by atoms with van der Waals surface area (Å²) in [7, 11) is 0. The number of nitrogens with two attached hydrogens (primary N) is 1. The molecule has 1 fully saturated rings. The standard InChI is InChI=1S/C12H16BrFN2S2/c13-9-2-1-8(10(14)6-9)5-11(16-15)12-7-17-3-4-18-12/h1-2,6,11-12,16H,3-5,7,15H2. The maximum atomic E-state index is 13.8. The van der Waals surface area contributed by atoms with Crippen LogP contribution in [0.2, 0.25) is 0 Å². The van der Waals surface area contributed by atoms with Crippen molar-refractivity contribution in [2.75, 3.05) is 17.3 Å². The van der Waals surface area contributed by atoms with E-state index in [2.05, 4.69) is 21.4 Å². The number of hydrazine groups is 1. The second kappa shape index (κ2) is 7.14. The van der Waals surface area contributed by atoms with Crippen LogP contribution in [0.25, 0.3) is 0 Å². The first-order chi connectivity index (χ1) is 8.70. The molecule has 18 heavy (non-hydrogen) atoms. The Morgan fingerprint density at radius 2 is 2.33 bits per heavy atom. The van der Waals surface area contributed by atoms with Gasteiger partial charge in [0, 0.05) is 33.0 Å². The molecular formula is C12H16BrFN2S2. The SMILES string of the molecule is NNC(Cc1ccc(Br)cc1F)C1CSCCS1. The van der Waals surface area contributed by atoms with E-state index in [0.717, 1.165) is 21.5 Å². The topological polar surface area (TPSA) is 38.0 Å². The monoisotopic (exact) mass is 350 g/mol. The van der Waals surface area contributed by atoms with Crippen molar-refractivity contribution in [2.24, 2.45) is 5.84 Å². The molecule has 1 aromatic carbocycles. The van der Waals surface area contributed by atoms with Crippen molar-refractivity contribution < 1.29 is 4.39 Å². The van der Waals surface area contributed by atoms with E-state index < -0.39 is 0 Å². The van der Waals surface area contributed by atoms with Crippen LogP contribution in [0.15, 0.2) is 22.7 Å². The van der Waals surface area contributed by atoms with Crippen LogP contribution < -0.4 is 11.3 Å². The molecule has 2 atom stereocenters. The first-order valence-corrected chi connectivity index (χ1v) is 8.79. The fraction of sp³-hybridized carbons (Fsp3) is 0.500. The molecule has 1 heterocycles. The molecule has 0 spiro atoms. The molecular weight excluding hydrogens is 335 g/mol. The van der Waals surface area contributed by atoms with Gasteiger partial charge in [-0.25, -0.2) is 4.39 Å². The lowest BCUT2D eigenvalue weighted by Crippen LogP contribution is -2.46. The van der Waals surface area contributed by atoms with Gasteiger partial charge in [-0.1, -0.05) is 22.0 Å². The van der Waals surface area contributed by atoms with Gasteiger partial charge in [0.05, 0.1) is 0 Å². The average molecular weight is 351 g/mol. The van der Waals surface area contributed by atoms with E-state index in [1.54, 1.807) is 0 Å². The molecule has 1 saturated heterocycles. The Morgan fingerprint density at radius 3 is 2.94 bits per heavy atom. The van der Waals surface area contributed by atoms with E-state index in [1.165, 1.54) is 11.8 Å². The second-order valence-corrected chi connectivity index (χ2v) is 7.61. The highest BCUT2D eigenvalue weighted by Crippen LogP contribution is 2.28. The molecule has 1 aliphatic rings. The van der Waals surface area contributed by atoms with Crippen LogP contribution in [0.3, 0.4) is 0 Å². The van der Waals surface area contributed by atoms with Crippen LogP contribution >= 0.6 is 39.5 Å². The van der Waals surface area contributed by atoms with Crippen LogP contribution in [-0.2, 0) is 6.42 Å². The van der Waals surface area contributed by atoms with Crippen LogP contribution in [0.1, 0.15) is 5.56 Å². The minimum Gasteiger partial charge on any atom is -0.271 e. The molecule has 0 amide bonds. The molecule has 2 rings (SSSR count). The van der Waals surface area contributed by atoms with Crippen molar-refractivity contribution in [1.29, 1.82) is 0 Å². The van der Waals surface area contributed by atoms with Crippen molar-refractivity contribution in [3.63, 3.8) is 0 Å². The summed E-state index contributed by atoms with van der Waals surface area (Å²) in [6, 6.07) is 5.32. The average Bonchev–Trinajstić information content (AvgIpc) is 2.39. The molecule has 0 aromatic heterocycles. The van der Waals surface area contributed by atoms with Gasteiger partial charge in [-0.3, -0.25) is 11.3 Å². The molecule has 100 valence electrons. The lowest BCUT2D eigenvalue weighted by molar-refractivity contribution is 0.507. The molecule has 0 aliphatic carbocycles. The van der Waals surface area contributed by atoms with Crippen LogP contribution in [0.5, 0.6) is 0 Å². The predicted octanol–water partition coefficient (Wildman–Crippen LogP) is 2.81. The van der Waals surface area contributed by atoms with E-state index in [-0.39, 0.29) is 11.9 Å². The number of rotatable bonds is 4. The van der Waals surface area contributed by atoms with E-state index in [1.807, 2.05) is 35.7 Å². The lowest BCUT2D eigenvalue weighted by atomic mass is 10.0. The molecule has 3 N–H and O–H groups in total. The zero-order chi connectivity index (χ0) is 13.0. The van der Waals surface area contributed by atoms with Crippen molar-refractivity contribution in [2.45, 2.75) is 17.7 Å². The molecule has 0 radical (unpaired) electrons. The van der Waals surface area contributed by atoms with E-state index in [0.29, 0.717) is 11.7 Å². The third-order valence-electron chi connectivity index (χ3n) is 2.96. The number of halogens is 2. The summed E-state index contributed by atoms with van der Waals surface area (Å²) in [5, 5.41) is 0.455. The summed E-state index contributed by atoms with van der Waals surface area (Å²) in [6.45, 7) is 0. The minimum absolute atomic E-state index is 0.124. The highest BCUT2D eigenvalue weighted by molar-refractivity contribution is 9.10. The van der Waals surface area contributed by atoms with Crippen LogP contribution in [-0.4, -0.2) is 28.6 Å². The number of nitrogens with one attached hydrogen (secondary N) is 1. The summed E-state index contributed by atoms with van der Waals surface area (Å²) in [5.74, 6) is 8.89. The van der Waals surface area contributed by atoms with Crippen LogP contribution in [0.4, 0.5) is 4.39 Å². The zero-order valence-corrected chi connectivity index (χ0v) is 13.1. The minimum atomic E-state index is -0.168. The van der Waals surface area contributed by atoms with E-state index in [9.17, 15) is 4.39 Å². The third kappa shape index (κ3) is 3.87. The molecule has 1 aromatic rings. The second-order valence-electron chi connectivity index (χ2n) is 4.20. The number of hydrogen-bond acceptors (Lipinski definition) is 4. The maximum Gasteiger partial charge on any atom is 0.127 e. The quantitative estimate of drug-likeness (QED) is 0.646. The smallest absolute Gasteiger partial charge is 0.127 e. The fourth-order valence-corrected chi connectivity index (χ4v) is 5.16. The van der Waals surface area contributed by atoms with Crippen molar-refractivity contribution in [1.82, 2.24) is 5.43 Å². The highest BCUT2D eigenvalue weighted by Gasteiger charge is 2.24. The summed E-state index contributed by atoms with van der Waals surface area (Å²) in [5.41, 5.74) is 3.57. The van der Waals surface area contributed by atoms with Crippen molar-refractivity contribution in [3.8, 4) is 0 Å². The first-order valence-electron chi connectivity index (χ1n) is 5.80. The van der Waals surface area contributed by atoms with E-state index >= 15 is 0 Å². The summed E-state index contributed by atoms with van der Waals surface area (Å²) in [6.07, 6.45) is 0.633. The van der Waals surface area contributed by atoms with Gasteiger partial charge < -0.3 is 0 Å². The van der Waals surface area contributed by atoms with Gasteiger partial charge in [-0.2, -0.15) is 23.5 Å². The Balaban J connectivity index is 2.04. The maximum absolute atomic E-state index is 13.8. The summed E-state index contributed by atoms with van der Waals surface area (Å²) in [4.78, 5) is 0. The van der Waals surface area contributed by atoms with Gasteiger partial charge in [-0.15, -0.1) is 0 Å². The number of benzene rings is 1. The molecule has 2 nitrogen and oxygen atoms in total. The Kier molecular flexibility index (Phi) is 5.82. The molecule has 1 aliphatic heterocycles. The van der Waals surface area contributed by atoms with Gasteiger partial charge >= 0.3 is 0 Å². The normalized spacial score (nSPS) is 21.8. The van der Waals surface area contributed by atoms with Crippen molar-refractivity contribution >= 4 is 39.5 Å².